The van der Waals surface area contributed by atoms with Crippen molar-refractivity contribution in [1.29, 1.82) is 0 Å². The van der Waals surface area contributed by atoms with Crippen molar-refractivity contribution < 1.29 is 19.8 Å². The smallest absolute Gasteiger partial charge is 0.339 e. The first kappa shape index (κ1) is 12.6. The molecule has 0 fully saturated rings. The fourth-order valence-corrected chi connectivity index (χ4v) is 1.65. The summed E-state index contributed by atoms with van der Waals surface area (Å²) in [5.41, 5.74) is 0.742. The van der Waals surface area contributed by atoms with Crippen LogP contribution in [0.1, 0.15) is 26.4 Å². The van der Waals surface area contributed by atoms with E-state index < -0.39 is 11.9 Å². The standard InChI is InChI=1S/C12H11N3O4/c1-6-10(12(18)19)9(5-14-6)15-11(17)7-2-8(16)4-13-3-7/h2-5,14,16H,1H3,(H,15,17)(H,18,19). The molecule has 7 heteroatoms. The van der Waals surface area contributed by atoms with E-state index in [9.17, 15) is 14.7 Å². The van der Waals surface area contributed by atoms with E-state index in [1.807, 2.05) is 0 Å². The summed E-state index contributed by atoms with van der Waals surface area (Å²) in [6.45, 7) is 1.59. The van der Waals surface area contributed by atoms with Crippen LogP contribution in [0.15, 0.2) is 24.7 Å². The average molecular weight is 261 g/mol. The third-order valence-electron chi connectivity index (χ3n) is 2.53. The maximum atomic E-state index is 11.9. The van der Waals surface area contributed by atoms with Crippen LogP contribution in [-0.4, -0.2) is 32.1 Å². The van der Waals surface area contributed by atoms with Crippen molar-refractivity contribution in [2.75, 3.05) is 5.32 Å². The number of aryl methyl sites for hydroxylation is 1. The highest BCUT2D eigenvalue weighted by Gasteiger charge is 2.17. The van der Waals surface area contributed by atoms with Crippen LogP contribution in [0.3, 0.4) is 0 Å². The molecule has 1 amide bonds. The second kappa shape index (κ2) is 4.81. The van der Waals surface area contributed by atoms with Crippen LogP contribution in [0, 0.1) is 6.92 Å². The summed E-state index contributed by atoms with van der Waals surface area (Å²) in [6.07, 6.45) is 3.86. The van der Waals surface area contributed by atoms with Gasteiger partial charge in [-0.2, -0.15) is 0 Å². The number of aromatic nitrogens is 2. The number of anilines is 1. The Morgan fingerprint density at radius 3 is 2.74 bits per heavy atom. The quantitative estimate of drug-likeness (QED) is 0.666. The summed E-state index contributed by atoms with van der Waals surface area (Å²) in [6, 6.07) is 1.24. The third-order valence-corrected chi connectivity index (χ3v) is 2.53. The summed E-state index contributed by atoms with van der Waals surface area (Å²) < 4.78 is 0. The van der Waals surface area contributed by atoms with E-state index in [1.54, 1.807) is 6.92 Å². The number of hydrogen-bond acceptors (Lipinski definition) is 4. The lowest BCUT2D eigenvalue weighted by Gasteiger charge is -2.04. The molecule has 98 valence electrons. The lowest BCUT2D eigenvalue weighted by molar-refractivity contribution is 0.0697. The number of aromatic amines is 1. The predicted octanol–water partition coefficient (Wildman–Crippen LogP) is 1.37. The van der Waals surface area contributed by atoms with Gasteiger partial charge in [-0.25, -0.2) is 4.79 Å². The van der Waals surface area contributed by atoms with Crippen LogP contribution in [0.25, 0.3) is 0 Å². The van der Waals surface area contributed by atoms with Crippen molar-refractivity contribution in [3.05, 3.63) is 41.5 Å². The number of carbonyl (C=O) groups excluding carboxylic acids is 1. The molecule has 0 radical (unpaired) electrons. The van der Waals surface area contributed by atoms with E-state index >= 15 is 0 Å². The van der Waals surface area contributed by atoms with Crippen LogP contribution >= 0.6 is 0 Å². The summed E-state index contributed by atoms with van der Waals surface area (Å²) in [7, 11) is 0. The largest absolute Gasteiger partial charge is 0.506 e. The fourth-order valence-electron chi connectivity index (χ4n) is 1.65. The van der Waals surface area contributed by atoms with Crippen molar-refractivity contribution >= 4 is 17.6 Å². The van der Waals surface area contributed by atoms with Gasteiger partial charge in [-0.1, -0.05) is 0 Å². The van der Waals surface area contributed by atoms with Gasteiger partial charge < -0.3 is 20.5 Å². The average Bonchev–Trinajstić information content (AvgIpc) is 2.70. The molecule has 2 aromatic rings. The number of carboxylic acid groups (broad SMARTS) is 1. The second-order valence-corrected chi connectivity index (χ2v) is 3.89. The molecule has 0 aliphatic rings. The highest BCUT2D eigenvalue weighted by atomic mass is 16.4. The molecule has 0 aliphatic carbocycles. The Morgan fingerprint density at radius 2 is 2.11 bits per heavy atom. The Labute approximate surface area is 107 Å². The van der Waals surface area contributed by atoms with Crippen LogP contribution in [0.5, 0.6) is 5.75 Å². The van der Waals surface area contributed by atoms with Gasteiger partial charge in [-0.15, -0.1) is 0 Å². The van der Waals surface area contributed by atoms with E-state index in [4.69, 9.17) is 5.11 Å². The van der Waals surface area contributed by atoms with Crippen molar-refractivity contribution in [2.45, 2.75) is 6.92 Å². The minimum Gasteiger partial charge on any atom is -0.506 e. The Bertz CT molecular complexity index is 648. The number of carboxylic acids is 1. The molecular formula is C12H11N3O4. The van der Waals surface area contributed by atoms with Gasteiger partial charge >= 0.3 is 5.97 Å². The molecule has 2 aromatic heterocycles. The van der Waals surface area contributed by atoms with E-state index in [-0.39, 0.29) is 22.6 Å². The molecule has 0 aromatic carbocycles. The van der Waals surface area contributed by atoms with Gasteiger partial charge in [-0.05, 0) is 13.0 Å². The molecular weight excluding hydrogens is 250 g/mol. The fraction of sp³-hybridized carbons (Fsp3) is 0.0833. The van der Waals surface area contributed by atoms with Crippen LogP contribution < -0.4 is 5.32 Å². The van der Waals surface area contributed by atoms with Crippen molar-refractivity contribution in [3.8, 4) is 5.75 Å². The molecule has 7 nitrogen and oxygen atoms in total. The van der Waals surface area contributed by atoms with Gasteiger partial charge in [0.1, 0.15) is 11.3 Å². The minimum absolute atomic E-state index is 0.00135. The van der Waals surface area contributed by atoms with Crippen LogP contribution in [0.2, 0.25) is 0 Å². The lowest BCUT2D eigenvalue weighted by atomic mass is 10.2. The Kier molecular flexibility index (Phi) is 3.19. The van der Waals surface area contributed by atoms with Gasteiger partial charge in [0.05, 0.1) is 17.4 Å². The molecule has 0 bridgehead atoms. The Balaban J connectivity index is 2.27. The number of amides is 1. The number of pyridine rings is 1. The molecule has 0 saturated heterocycles. The molecule has 0 saturated carbocycles. The molecule has 19 heavy (non-hydrogen) atoms. The van der Waals surface area contributed by atoms with E-state index in [0.29, 0.717) is 5.69 Å². The lowest BCUT2D eigenvalue weighted by Crippen LogP contribution is -2.14. The normalized spacial score (nSPS) is 10.2. The Morgan fingerprint density at radius 1 is 1.37 bits per heavy atom. The highest BCUT2D eigenvalue weighted by molar-refractivity contribution is 6.08. The summed E-state index contributed by atoms with van der Waals surface area (Å²) in [5, 5.41) is 20.7. The number of hydrogen-bond donors (Lipinski definition) is 4. The molecule has 4 N–H and O–H groups in total. The zero-order valence-electron chi connectivity index (χ0n) is 9.97. The van der Waals surface area contributed by atoms with Gasteiger partial charge in [0.15, 0.2) is 0 Å². The van der Waals surface area contributed by atoms with E-state index in [1.165, 1.54) is 24.7 Å². The first-order valence-electron chi connectivity index (χ1n) is 5.35. The molecule has 0 aliphatic heterocycles. The van der Waals surface area contributed by atoms with Gasteiger partial charge in [0.2, 0.25) is 0 Å². The maximum absolute atomic E-state index is 11.9. The highest BCUT2D eigenvalue weighted by Crippen LogP contribution is 2.20. The van der Waals surface area contributed by atoms with E-state index in [2.05, 4.69) is 15.3 Å². The number of aromatic hydroxyl groups is 1. The zero-order chi connectivity index (χ0) is 14.0. The van der Waals surface area contributed by atoms with Crippen molar-refractivity contribution in [2.24, 2.45) is 0 Å². The zero-order valence-corrected chi connectivity index (χ0v) is 9.97. The number of nitrogens with one attached hydrogen (secondary N) is 2. The molecule has 2 rings (SSSR count). The van der Waals surface area contributed by atoms with Crippen LogP contribution in [-0.2, 0) is 0 Å². The molecule has 0 atom stereocenters. The molecule has 0 unspecified atom stereocenters. The van der Waals surface area contributed by atoms with Gasteiger partial charge in [0.25, 0.3) is 5.91 Å². The third kappa shape index (κ3) is 2.54. The predicted molar refractivity (Wildman–Crippen MR) is 66.3 cm³/mol. The van der Waals surface area contributed by atoms with Crippen molar-refractivity contribution in [3.63, 3.8) is 0 Å². The van der Waals surface area contributed by atoms with Gasteiger partial charge in [0, 0.05) is 18.1 Å². The maximum Gasteiger partial charge on any atom is 0.339 e. The number of rotatable bonds is 3. The second-order valence-electron chi connectivity index (χ2n) is 3.89. The first-order valence-corrected chi connectivity index (χ1v) is 5.35. The number of aromatic carboxylic acids is 1. The van der Waals surface area contributed by atoms with Gasteiger partial charge in [-0.3, -0.25) is 9.78 Å². The molecule has 0 spiro atoms. The number of nitrogens with zero attached hydrogens (tertiary/aromatic N) is 1. The summed E-state index contributed by atoms with van der Waals surface area (Å²) >= 11 is 0. The van der Waals surface area contributed by atoms with Crippen molar-refractivity contribution in [1.82, 2.24) is 9.97 Å². The minimum atomic E-state index is -1.14. The van der Waals surface area contributed by atoms with E-state index in [0.717, 1.165) is 0 Å². The summed E-state index contributed by atoms with van der Waals surface area (Å²) in [4.78, 5) is 29.3. The monoisotopic (exact) mass is 261 g/mol. The number of H-pyrrole nitrogens is 1. The topological polar surface area (TPSA) is 115 Å². The SMILES string of the molecule is Cc1[nH]cc(NC(=O)c2cncc(O)c2)c1C(=O)O. The molecule has 2 heterocycles. The number of carbonyl (C=O) groups is 2. The first-order chi connectivity index (χ1) is 8.99. The summed E-state index contributed by atoms with van der Waals surface area (Å²) in [5.74, 6) is -1.83. The Hall–Kier alpha value is -2.83. The van der Waals surface area contributed by atoms with Crippen LogP contribution in [0.4, 0.5) is 5.69 Å².